The van der Waals surface area contributed by atoms with E-state index in [1.165, 1.54) is 16.7 Å². The number of aryl methyl sites for hydroxylation is 2. The van der Waals surface area contributed by atoms with Gasteiger partial charge in [-0.25, -0.2) is 0 Å². The molecule has 0 aliphatic rings. The summed E-state index contributed by atoms with van der Waals surface area (Å²) in [4.78, 5) is 4.41. The van der Waals surface area contributed by atoms with E-state index in [9.17, 15) is 0 Å². The SMILES string of the molecule is CCNC(c1cc(C)cc(C)c1)c1ncc(Cl)cc1Cl. The van der Waals surface area contributed by atoms with Gasteiger partial charge in [0.2, 0.25) is 0 Å². The number of aromatic nitrogens is 1. The first-order valence-electron chi connectivity index (χ1n) is 6.63. The van der Waals surface area contributed by atoms with Gasteiger partial charge in [-0.1, -0.05) is 59.5 Å². The van der Waals surface area contributed by atoms with Crippen molar-refractivity contribution in [2.45, 2.75) is 26.8 Å². The summed E-state index contributed by atoms with van der Waals surface area (Å²) in [5.74, 6) is 0. The van der Waals surface area contributed by atoms with Crippen LogP contribution in [0.3, 0.4) is 0 Å². The van der Waals surface area contributed by atoms with Gasteiger partial charge < -0.3 is 5.32 Å². The first-order chi connectivity index (χ1) is 9.51. The Balaban J connectivity index is 2.49. The molecular weight excluding hydrogens is 291 g/mol. The van der Waals surface area contributed by atoms with Crippen molar-refractivity contribution in [1.82, 2.24) is 10.3 Å². The Labute approximate surface area is 130 Å². The minimum absolute atomic E-state index is 0.0247. The highest BCUT2D eigenvalue weighted by Crippen LogP contribution is 2.29. The number of halogens is 2. The molecule has 2 nitrogen and oxygen atoms in total. The van der Waals surface area contributed by atoms with E-state index in [1.807, 2.05) is 0 Å². The summed E-state index contributed by atoms with van der Waals surface area (Å²) < 4.78 is 0. The van der Waals surface area contributed by atoms with Crippen LogP contribution in [-0.4, -0.2) is 11.5 Å². The quantitative estimate of drug-likeness (QED) is 0.885. The normalized spacial score (nSPS) is 12.4. The highest BCUT2D eigenvalue weighted by molar-refractivity contribution is 6.34. The summed E-state index contributed by atoms with van der Waals surface area (Å²) in [5.41, 5.74) is 4.44. The van der Waals surface area contributed by atoms with Gasteiger partial charge in [0.25, 0.3) is 0 Å². The highest BCUT2D eigenvalue weighted by atomic mass is 35.5. The monoisotopic (exact) mass is 308 g/mol. The number of benzene rings is 1. The summed E-state index contributed by atoms with van der Waals surface area (Å²) >= 11 is 12.2. The molecule has 20 heavy (non-hydrogen) atoms. The van der Waals surface area contributed by atoms with Crippen molar-refractivity contribution in [3.05, 3.63) is 62.9 Å². The molecule has 1 aromatic heterocycles. The molecule has 0 saturated carbocycles. The largest absolute Gasteiger partial charge is 0.305 e. The van der Waals surface area contributed by atoms with Gasteiger partial charge >= 0.3 is 0 Å². The number of rotatable bonds is 4. The lowest BCUT2D eigenvalue weighted by Crippen LogP contribution is -2.23. The third-order valence-electron chi connectivity index (χ3n) is 3.10. The molecule has 4 heteroatoms. The van der Waals surface area contributed by atoms with Crippen LogP contribution in [0.2, 0.25) is 10.0 Å². The van der Waals surface area contributed by atoms with Crippen LogP contribution < -0.4 is 5.32 Å². The van der Waals surface area contributed by atoms with Crippen LogP contribution in [0.25, 0.3) is 0 Å². The van der Waals surface area contributed by atoms with Crippen molar-refractivity contribution in [2.24, 2.45) is 0 Å². The van der Waals surface area contributed by atoms with Gasteiger partial charge in [-0.2, -0.15) is 0 Å². The predicted molar refractivity (Wildman–Crippen MR) is 85.7 cm³/mol. The number of pyridine rings is 1. The van der Waals surface area contributed by atoms with Gasteiger partial charge in [0.15, 0.2) is 0 Å². The Morgan fingerprint density at radius 1 is 1.10 bits per heavy atom. The van der Waals surface area contributed by atoms with Crippen LogP contribution in [0.5, 0.6) is 0 Å². The molecule has 0 saturated heterocycles. The zero-order valence-electron chi connectivity index (χ0n) is 11.9. The molecule has 1 unspecified atom stereocenters. The van der Waals surface area contributed by atoms with Gasteiger partial charge in [-0.05, 0) is 32.0 Å². The number of hydrogen-bond donors (Lipinski definition) is 1. The second-order valence-electron chi connectivity index (χ2n) is 4.93. The maximum atomic E-state index is 6.30. The minimum Gasteiger partial charge on any atom is -0.305 e. The van der Waals surface area contributed by atoms with Gasteiger partial charge in [0.1, 0.15) is 0 Å². The Hall–Kier alpha value is -1.09. The van der Waals surface area contributed by atoms with Gasteiger partial charge in [0.05, 0.1) is 21.8 Å². The molecule has 1 N–H and O–H groups in total. The van der Waals surface area contributed by atoms with E-state index in [-0.39, 0.29) is 6.04 Å². The van der Waals surface area contributed by atoms with Crippen LogP contribution in [0, 0.1) is 13.8 Å². The molecule has 1 heterocycles. The zero-order valence-corrected chi connectivity index (χ0v) is 13.4. The molecule has 1 atom stereocenters. The Morgan fingerprint density at radius 3 is 2.30 bits per heavy atom. The molecular formula is C16H18Cl2N2. The van der Waals surface area contributed by atoms with Crippen molar-refractivity contribution in [2.75, 3.05) is 6.54 Å². The van der Waals surface area contributed by atoms with Crippen molar-refractivity contribution in [3.8, 4) is 0 Å². The summed E-state index contributed by atoms with van der Waals surface area (Å²) in [6, 6.07) is 8.19. The molecule has 0 amide bonds. The van der Waals surface area contributed by atoms with Crippen molar-refractivity contribution in [1.29, 1.82) is 0 Å². The van der Waals surface area contributed by atoms with Crippen LogP contribution in [0.15, 0.2) is 30.5 Å². The molecule has 2 aromatic rings. The van der Waals surface area contributed by atoms with E-state index in [4.69, 9.17) is 23.2 Å². The van der Waals surface area contributed by atoms with Crippen LogP contribution in [0.4, 0.5) is 0 Å². The maximum absolute atomic E-state index is 6.30. The molecule has 0 radical (unpaired) electrons. The van der Waals surface area contributed by atoms with Crippen LogP contribution in [0.1, 0.15) is 35.3 Å². The van der Waals surface area contributed by atoms with E-state index in [2.05, 4.69) is 49.3 Å². The Bertz CT molecular complexity index is 591. The third kappa shape index (κ3) is 3.51. The summed E-state index contributed by atoms with van der Waals surface area (Å²) in [6.45, 7) is 7.09. The average molecular weight is 309 g/mol. The van der Waals surface area contributed by atoms with Gasteiger partial charge in [-0.3, -0.25) is 4.98 Å². The number of hydrogen-bond acceptors (Lipinski definition) is 2. The smallest absolute Gasteiger partial charge is 0.0805 e. The van der Waals surface area contributed by atoms with Gasteiger partial charge in [0, 0.05) is 6.20 Å². The van der Waals surface area contributed by atoms with Crippen LogP contribution in [-0.2, 0) is 0 Å². The van der Waals surface area contributed by atoms with E-state index < -0.39 is 0 Å². The average Bonchev–Trinajstić information content (AvgIpc) is 2.35. The third-order valence-corrected chi connectivity index (χ3v) is 3.60. The van der Waals surface area contributed by atoms with Crippen molar-refractivity contribution < 1.29 is 0 Å². The minimum atomic E-state index is -0.0247. The first kappa shape index (κ1) is 15.3. The highest BCUT2D eigenvalue weighted by Gasteiger charge is 2.18. The van der Waals surface area contributed by atoms with E-state index in [1.54, 1.807) is 12.3 Å². The topological polar surface area (TPSA) is 24.9 Å². The lowest BCUT2D eigenvalue weighted by atomic mass is 9.98. The number of nitrogens with one attached hydrogen (secondary N) is 1. The lowest BCUT2D eigenvalue weighted by Gasteiger charge is -2.20. The fourth-order valence-corrected chi connectivity index (χ4v) is 2.88. The lowest BCUT2D eigenvalue weighted by molar-refractivity contribution is 0.615. The Kier molecular flexibility index (Phi) is 5.03. The fraction of sp³-hybridized carbons (Fsp3) is 0.312. The second-order valence-corrected chi connectivity index (χ2v) is 5.78. The van der Waals surface area contributed by atoms with Crippen molar-refractivity contribution >= 4 is 23.2 Å². The first-order valence-corrected chi connectivity index (χ1v) is 7.39. The molecule has 0 bridgehead atoms. The maximum Gasteiger partial charge on any atom is 0.0805 e. The molecule has 1 aromatic carbocycles. The van der Waals surface area contributed by atoms with E-state index in [0.717, 1.165) is 12.2 Å². The fourth-order valence-electron chi connectivity index (χ4n) is 2.39. The molecule has 2 rings (SSSR count). The van der Waals surface area contributed by atoms with Crippen LogP contribution >= 0.6 is 23.2 Å². The van der Waals surface area contributed by atoms with E-state index >= 15 is 0 Å². The van der Waals surface area contributed by atoms with E-state index in [0.29, 0.717) is 10.0 Å². The Morgan fingerprint density at radius 2 is 1.75 bits per heavy atom. The number of nitrogens with zero attached hydrogens (tertiary/aromatic N) is 1. The van der Waals surface area contributed by atoms with Crippen molar-refractivity contribution in [3.63, 3.8) is 0 Å². The second kappa shape index (κ2) is 6.57. The molecule has 0 aliphatic carbocycles. The molecule has 0 spiro atoms. The summed E-state index contributed by atoms with van der Waals surface area (Å²) in [6.07, 6.45) is 1.63. The summed E-state index contributed by atoms with van der Waals surface area (Å²) in [5, 5.41) is 4.58. The molecule has 0 fully saturated rings. The zero-order chi connectivity index (χ0) is 14.7. The standard InChI is InChI=1S/C16H18Cl2N2/c1-4-19-15(12-6-10(2)5-11(3)7-12)16-14(18)8-13(17)9-20-16/h5-9,15,19H,4H2,1-3H3. The molecule has 0 aliphatic heterocycles. The van der Waals surface area contributed by atoms with Gasteiger partial charge in [-0.15, -0.1) is 0 Å². The molecule has 106 valence electrons. The predicted octanol–water partition coefficient (Wildman–Crippen LogP) is 4.70. The summed E-state index contributed by atoms with van der Waals surface area (Å²) in [7, 11) is 0.